The van der Waals surface area contributed by atoms with Gasteiger partial charge >= 0.3 is 0 Å². The Labute approximate surface area is 157 Å². The number of hydrogen-bond donors (Lipinski definition) is 2. The van der Waals surface area contributed by atoms with Crippen LogP contribution in [0.4, 0.5) is 5.69 Å². The minimum absolute atomic E-state index is 0.104. The number of aromatic nitrogens is 2. The van der Waals surface area contributed by atoms with Crippen LogP contribution in [0.25, 0.3) is 0 Å². The number of H-pyrrole nitrogens is 1. The third-order valence-corrected chi connectivity index (χ3v) is 5.16. The lowest BCUT2D eigenvalue weighted by Crippen LogP contribution is -2.26. The van der Waals surface area contributed by atoms with E-state index in [0.717, 1.165) is 22.4 Å². The van der Waals surface area contributed by atoms with Gasteiger partial charge in [0.1, 0.15) is 0 Å². The summed E-state index contributed by atoms with van der Waals surface area (Å²) in [6.07, 6.45) is 0.610. The molecule has 2 rings (SSSR count). The Morgan fingerprint density at radius 1 is 1.27 bits per heavy atom. The van der Waals surface area contributed by atoms with E-state index >= 15 is 0 Å². The number of carbonyl (C=O) groups is 1. The highest BCUT2D eigenvalue weighted by Gasteiger charge is 2.21. The molecule has 0 bridgehead atoms. The van der Waals surface area contributed by atoms with Crippen molar-refractivity contribution in [3.05, 3.63) is 50.9 Å². The number of methoxy groups -OCH3 is 1. The van der Waals surface area contributed by atoms with E-state index in [9.17, 15) is 9.59 Å². The Balaban J connectivity index is 2.18. The molecule has 0 aliphatic rings. The van der Waals surface area contributed by atoms with Crippen molar-refractivity contribution < 1.29 is 9.53 Å². The van der Waals surface area contributed by atoms with Crippen LogP contribution in [-0.4, -0.2) is 28.2 Å². The molecule has 2 N–H and O–H groups in total. The van der Waals surface area contributed by atoms with Crippen LogP contribution in [0.15, 0.2) is 28.2 Å². The number of rotatable bonds is 7. The standard InChI is InChI=1S/C19H25N3O3S/c1-6-15(26-19-20-14(10-25-5)9-16(23)21-19)18(24)22-17-12(3)7-11(2)8-13(17)4/h7-9,15H,6,10H2,1-5H3,(H,22,24)(H,20,21,23). The molecule has 1 atom stereocenters. The molecule has 2 aromatic rings. The first kappa shape index (κ1) is 20.2. The van der Waals surface area contributed by atoms with Crippen molar-refractivity contribution in [1.29, 1.82) is 0 Å². The van der Waals surface area contributed by atoms with Gasteiger partial charge in [0.05, 0.1) is 17.6 Å². The number of amides is 1. The van der Waals surface area contributed by atoms with Gasteiger partial charge in [-0.3, -0.25) is 9.59 Å². The normalized spacial score (nSPS) is 12.0. The largest absolute Gasteiger partial charge is 0.378 e. The maximum Gasteiger partial charge on any atom is 0.251 e. The van der Waals surface area contributed by atoms with Gasteiger partial charge in [0.25, 0.3) is 5.56 Å². The Morgan fingerprint density at radius 2 is 1.92 bits per heavy atom. The molecule has 0 aliphatic heterocycles. The molecule has 140 valence electrons. The van der Waals surface area contributed by atoms with Crippen molar-refractivity contribution in [2.75, 3.05) is 12.4 Å². The second-order valence-corrected chi connectivity index (χ2v) is 7.44. The summed E-state index contributed by atoms with van der Waals surface area (Å²) in [5, 5.41) is 3.08. The van der Waals surface area contributed by atoms with Crippen LogP contribution >= 0.6 is 11.8 Å². The zero-order valence-electron chi connectivity index (χ0n) is 15.8. The van der Waals surface area contributed by atoms with Crippen molar-refractivity contribution in [1.82, 2.24) is 9.97 Å². The number of carbonyl (C=O) groups excluding carboxylic acids is 1. The number of nitrogens with zero attached hydrogens (tertiary/aromatic N) is 1. The topological polar surface area (TPSA) is 84.1 Å². The highest BCUT2D eigenvalue weighted by atomic mass is 32.2. The summed E-state index contributed by atoms with van der Waals surface area (Å²) in [7, 11) is 1.55. The predicted molar refractivity (Wildman–Crippen MR) is 105 cm³/mol. The van der Waals surface area contributed by atoms with Crippen molar-refractivity contribution in [3.8, 4) is 0 Å². The Morgan fingerprint density at radius 3 is 2.50 bits per heavy atom. The summed E-state index contributed by atoms with van der Waals surface area (Å²) < 4.78 is 5.03. The van der Waals surface area contributed by atoms with E-state index in [4.69, 9.17) is 4.74 Å². The number of thioether (sulfide) groups is 1. The van der Waals surface area contributed by atoms with Gasteiger partial charge < -0.3 is 15.0 Å². The minimum atomic E-state index is -0.365. The maximum atomic E-state index is 12.8. The van der Waals surface area contributed by atoms with Gasteiger partial charge in [0.15, 0.2) is 5.16 Å². The molecule has 1 heterocycles. The first-order chi connectivity index (χ1) is 12.3. The summed E-state index contributed by atoms with van der Waals surface area (Å²) in [5.74, 6) is -0.104. The first-order valence-corrected chi connectivity index (χ1v) is 9.36. The molecule has 1 aromatic heterocycles. The van der Waals surface area contributed by atoms with Gasteiger partial charge in [-0.1, -0.05) is 36.4 Å². The molecule has 26 heavy (non-hydrogen) atoms. The zero-order chi connectivity index (χ0) is 19.3. The van der Waals surface area contributed by atoms with E-state index in [-0.39, 0.29) is 23.3 Å². The summed E-state index contributed by atoms with van der Waals surface area (Å²) in [5.41, 5.74) is 4.35. The van der Waals surface area contributed by atoms with Crippen molar-refractivity contribution in [2.24, 2.45) is 0 Å². The third-order valence-electron chi connectivity index (χ3n) is 3.91. The number of anilines is 1. The number of ether oxygens (including phenoxy) is 1. The van der Waals surface area contributed by atoms with Crippen LogP contribution in [0.5, 0.6) is 0 Å². The highest BCUT2D eigenvalue weighted by molar-refractivity contribution is 8.00. The number of aryl methyl sites for hydroxylation is 3. The predicted octanol–water partition coefficient (Wildman–Crippen LogP) is 3.35. The van der Waals surface area contributed by atoms with Gasteiger partial charge in [-0.05, 0) is 38.3 Å². The lowest BCUT2D eigenvalue weighted by molar-refractivity contribution is -0.115. The van der Waals surface area contributed by atoms with Crippen LogP contribution in [0.2, 0.25) is 0 Å². The van der Waals surface area contributed by atoms with E-state index in [1.807, 2.05) is 39.8 Å². The molecule has 0 radical (unpaired) electrons. The van der Waals surface area contributed by atoms with Gasteiger partial charge in [-0.25, -0.2) is 4.98 Å². The van der Waals surface area contributed by atoms with Gasteiger partial charge in [0, 0.05) is 18.9 Å². The van der Waals surface area contributed by atoms with Crippen LogP contribution in [-0.2, 0) is 16.1 Å². The van der Waals surface area contributed by atoms with Crippen LogP contribution in [0, 0.1) is 20.8 Å². The van der Waals surface area contributed by atoms with Crippen molar-refractivity contribution in [3.63, 3.8) is 0 Å². The molecule has 0 aliphatic carbocycles. The molecular formula is C19H25N3O3S. The smallest absolute Gasteiger partial charge is 0.251 e. The molecule has 7 heteroatoms. The van der Waals surface area contributed by atoms with Crippen LogP contribution in [0.3, 0.4) is 0 Å². The number of nitrogens with one attached hydrogen (secondary N) is 2. The summed E-state index contributed by atoms with van der Waals surface area (Å²) >= 11 is 1.25. The maximum absolute atomic E-state index is 12.8. The molecule has 1 aromatic carbocycles. The average Bonchev–Trinajstić information content (AvgIpc) is 2.55. The zero-order valence-corrected chi connectivity index (χ0v) is 16.6. The molecule has 0 fully saturated rings. The Bertz CT molecular complexity index is 825. The summed E-state index contributed by atoms with van der Waals surface area (Å²) in [6.45, 7) is 8.19. The lowest BCUT2D eigenvalue weighted by atomic mass is 10.0. The second kappa shape index (κ2) is 9.00. The number of aromatic amines is 1. The van der Waals surface area contributed by atoms with E-state index in [0.29, 0.717) is 17.3 Å². The van der Waals surface area contributed by atoms with Gasteiger partial charge in [-0.2, -0.15) is 0 Å². The molecule has 6 nitrogen and oxygen atoms in total. The summed E-state index contributed by atoms with van der Waals surface area (Å²) in [4.78, 5) is 31.6. The van der Waals surface area contributed by atoms with Crippen molar-refractivity contribution >= 4 is 23.4 Å². The molecule has 0 spiro atoms. The quantitative estimate of drug-likeness (QED) is 0.573. The molecule has 0 saturated carbocycles. The molecule has 0 saturated heterocycles. The lowest BCUT2D eigenvalue weighted by Gasteiger charge is -2.17. The van der Waals surface area contributed by atoms with Crippen molar-refractivity contribution in [2.45, 2.75) is 51.1 Å². The molecule has 1 amide bonds. The Hall–Kier alpha value is -2.12. The van der Waals surface area contributed by atoms with E-state index in [1.165, 1.54) is 17.8 Å². The van der Waals surface area contributed by atoms with Gasteiger partial charge in [0.2, 0.25) is 5.91 Å². The van der Waals surface area contributed by atoms with E-state index in [1.54, 1.807) is 7.11 Å². The SMILES string of the molecule is CCC(Sc1nc(COC)cc(=O)[nH]1)C(=O)Nc1c(C)cc(C)cc1C. The van der Waals surface area contributed by atoms with E-state index < -0.39 is 0 Å². The fourth-order valence-electron chi connectivity index (χ4n) is 2.80. The fraction of sp³-hybridized carbons (Fsp3) is 0.421. The Kier molecular flexibility index (Phi) is 6.99. The van der Waals surface area contributed by atoms with Crippen LogP contribution in [0.1, 0.15) is 35.7 Å². The highest BCUT2D eigenvalue weighted by Crippen LogP contribution is 2.26. The summed E-state index contributed by atoms with van der Waals surface area (Å²) in [6, 6.07) is 5.49. The molecular weight excluding hydrogens is 350 g/mol. The molecule has 1 unspecified atom stereocenters. The van der Waals surface area contributed by atoms with E-state index in [2.05, 4.69) is 15.3 Å². The number of benzene rings is 1. The van der Waals surface area contributed by atoms with Gasteiger partial charge in [-0.15, -0.1) is 0 Å². The minimum Gasteiger partial charge on any atom is -0.378 e. The second-order valence-electron chi connectivity index (χ2n) is 6.25. The third kappa shape index (κ3) is 5.19. The number of hydrogen-bond acceptors (Lipinski definition) is 5. The fourth-order valence-corrected chi connectivity index (χ4v) is 3.73. The monoisotopic (exact) mass is 375 g/mol. The average molecular weight is 375 g/mol. The first-order valence-electron chi connectivity index (χ1n) is 8.48. The van der Waals surface area contributed by atoms with Crippen LogP contribution < -0.4 is 10.9 Å².